The van der Waals surface area contributed by atoms with Gasteiger partial charge in [0.05, 0.1) is 11.0 Å². The summed E-state index contributed by atoms with van der Waals surface area (Å²) in [5.74, 6) is 1.38. The van der Waals surface area contributed by atoms with Crippen LogP contribution in [0.5, 0.6) is 0 Å². The van der Waals surface area contributed by atoms with Crippen molar-refractivity contribution in [3.05, 3.63) is 63.9 Å². The third-order valence-corrected chi connectivity index (χ3v) is 7.17. The van der Waals surface area contributed by atoms with Gasteiger partial charge >= 0.3 is 6.09 Å². The van der Waals surface area contributed by atoms with Gasteiger partial charge in [0.2, 0.25) is 0 Å². The molecular weight excluding hydrogens is 488 g/mol. The van der Waals surface area contributed by atoms with Gasteiger partial charge in [0, 0.05) is 37.1 Å². The molecule has 0 spiro atoms. The van der Waals surface area contributed by atoms with Crippen molar-refractivity contribution >= 4 is 34.6 Å². The van der Waals surface area contributed by atoms with E-state index in [-0.39, 0.29) is 5.91 Å². The molecule has 1 heterocycles. The highest BCUT2D eigenvalue weighted by Gasteiger charge is 2.18. The van der Waals surface area contributed by atoms with Crippen LogP contribution in [-0.4, -0.2) is 33.7 Å². The van der Waals surface area contributed by atoms with Gasteiger partial charge in [-0.2, -0.15) is 0 Å². The van der Waals surface area contributed by atoms with Crippen molar-refractivity contribution < 1.29 is 14.3 Å². The molecule has 1 aromatic heterocycles. The number of alkyl carbamates (subject to hydrolysis) is 1. The molecule has 1 saturated carbocycles. The minimum atomic E-state index is -0.550. The van der Waals surface area contributed by atoms with Gasteiger partial charge in [-0.05, 0) is 74.9 Å². The largest absolute Gasteiger partial charge is 0.444 e. The molecule has 3 aromatic rings. The molecule has 0 radical (unpaired) electrons. The molecular formula is C29H37ClN4O3. The molecule has 1 fully saturated rings. The Labute approximate surface area is 223 Å². The summed E-state index contributed by atoms with van der Waals surface area (Å²) in [6.45, 7) is 6.56. The van der Waals surface area contributed by atoms with Crippen LogP contribution in [0, 0.1) is 5.92 Å². The van der Waals surface area contributed by atoms with Crippen LogP contribution in [0.15, 0.2) is 36.4 Å². The van der Waals surface area contributed by atoms with Crippen molar-refractivity contribution in [1.29, 1.82) is 0 Å². The summed E-state index contributed by atoms with van der Waals surface area (Å²) in [4.78, 5) is 29.6. The second kappa shape index (κ2) is 11.5. The number of aromatic nitrogens is 2. The Balaban J connectivity index is 1.44. The quantitative estimate of drug-likeness (QED) is 0.388. The number of benzene rings is 2. The van der Waals surface area contributed by atoms with E-state index in [1.165, 1.54) is 32.1 Å². The molecule has 0 unspecified atom stereocenters. The molecule has 1 aliphatic carbocycles. The summed E-state index contributed by atoms with van der Waals surface area (Å²) in [6, 6.07) is 11.4. The lowest BCUT2D eigenvalue weighted by Gasteiger charge is -2.21. The Bertz CT molecular complexity index is 1270. The summed E-state index contributed by atoms with van der Waals surface area (Å²) in [7, 11) is 1.97. The van der Waals surface area contributed by atoms with E-state index in [9.17, 15) is 9.59 Å². The number of aryl methyl sites for hydroxylation is 1. The molecule has 4 rings (SSSR count). The van der Waals surface area contributed by atoms with Gasteiger partial charge in [-0.15, -0.1) is 0 Å². The number of halogens is 1. The van der Waals surface area contributed by atoms with Gasteiger partial charge in [-0.1, -0.05) is 43.0 Å². The second-order valence-electron chi connectivity index (χ2n) is 11.0. The Morgan fingerprint density at radius 2 is 1.84 bits per heavy atom. The van der Waals surface area contributed by atoms with Crippen molar-refractivity contribution in [2.45, 2.75) is 71.4 Å². The predicted octanol–water partition coefficient (Wildman–Crippen LogP) is 6.15. The maximum absolute atomic E-state index is 12.8. The minimum Gasteiger partial charge on any atom is -0.444 e. The number of rotatable bonds is 7. The van der Waals surface area contributed by atoms with Crippen LogP contribution in [0.4, 0.5) is 4.79 Å². The highest BCUT2D eigenvalue weighted by Crippen LogP contribution is 2.25. The summed E-state index contributed by atoms with van der Waals surface area (Å²) in [6.07, 6.45) is 6.29. The Morgan fingerprint density at radius 1 is 1.08 bits per heavy atom. The number of ether oxygens (including phenoxy) is 1. The number of nitrogens with one attached hydrogen (secondary N) is 2. The molecule has 0 aliphatic heterocycles. The van der Waals surface area contributed by atoms with Crippen LogP contribution in [0.3, 0.4) is 0 Å². The first-order valence-electron chi connectivity index (χ1n) is 13.1. The highest BCUT2D eigenvalue weighted by molar-refractivity contribution is 6.31. The van der Waals surface area contributed by atoms with Crippen LogP contribution in [0.25, 0.3) is 11.0 Å². The first kappa shape index (κ1) is 27.0. The average molecular weight is 525 g/mol. The molecule has 198 valence electrons. The normalized spacial score (nSPS) is 14.5. The lowest BCUT2D eigenvalue weighted by Crippen LogP contribution is -2.32. The number of nitrogens with zero attached hydrogens (tertiary/aromatic N) is 2. The maximum Gasteiger partial charge on any atom is 0.407 e. The molecule has 8 heteroatoms. The third kappa shape index (κ3) is 7.25. The van der Waals surface area contributed by atoms with Gasteiger partial charge in [-0.3, -0.25) is 4.79 Å². The number of fused-ring (bicyclic) bond motifs is 1. The minimum absolute atomic E-state index is 0.0482. The van der Waals surface area contributed by atoms with E-state index in [2.05, 4.69) is 10.6 Å². The summed E-state index contributed by atoms with van der Waals surface area (Å²) >= 11 is 6.51. The monoisotopic (exact) mass is 524 g/mol. The summed E-state index contributed by atoms with van der Waals surface area (Å²) < 4.78 is 7.34. The maximum atomic E-state index is 12.8. The van der Waals surface area contributed by atoms with E-state index in [0.717, 1.165) is 34.5 Å². The molecule has 0 bridgehead atoms. The lowest BCUT2D eigenvalue weighted by atomic mass is 9.89. The van der Waals surface area contributed by atoms with Gasteiger partial charge in [-0.25, -0.2) is 9.78 Å². The Hall–Kier alpha value is -3.06. The smallest absolute Gasteiger partial charge is 0.407 e. The fraction of sp³-hybridized carbons (Fsp3) is 0.483. The first-order chi connectivity index (χ1) is 17.6. The predicted molar refractivity (Wildman–Crippen MR) is 147 cm³/mol. The molecule has 2 amide bonds. The standard InChI is InChI=1S/C29H37ClN4O3/c1-29(2,3)37-28(36)32-18-20-10-12-23(30)22(14-20)16-26-33-24-15-21(11-13-25(24)34(26)4)27(35)31-17-19-8-6-5-7-9-19/h10-15,19H,5-9,16-18H2,1-4H3,(H,31,35)(H,32,36). The van der Waals surface area contributed by atoms with E-state index in [1.807, 2.05) is 68.8 Å². The van der Waals surface area contributed by atoms with Crippen LogP contribution in [-0.2, 0) is 24.8 Å². The lowest BCUT2D eigenvalue weighted by molar-refractivity contribution is 0.0523. The zero-order valence-electron chi connectivity index (χ0n) is 22.2. The fourth-order valence-electron chi connectivity index (χ4n) is 4.81. The zero-order chi connectivity index (χ0) is 26.6. The van der Waals surface area contributed by atoms with E-state index in [1.54, 1.807) is 0 Å². The zero-order valence-corrected chi connectivity index (χ0v) is 23.0. The van der Waals surface area contributed by atoms with Crippen LogP contribution < -0.4 is 10.6 Å². The highest BCUT2D eigenvalue weighted by atomic mass is 35.5. The van der Waals surface area contributed by atoms with E-state index < -0.39 is 11.7 Å². The number of carbonyl (C=O) groups is 2. The van der Waals surface area contributed by atoms with E-state index in [4.69, 9.17) is 21.3 Å². The SMILES string of the molecule is Cn1c(Cc2cc(CNC(=O)OC(C)(C)C)ccc2Cl)nc2cc(C(=O)NCC3CCCCC3)ccc21. The fourth-order valence-corrected chi connectivity index (χ4v) is 5.00. The number of carbonyl (C=O) groups excluding carboxylic acids is 2. The molecule has 7 nitrogen and oxygen atoms in total. The van der Waals surface area contributed by atoms with Gasteiger partial charge in [0.1, 0.15) is 11.4 Å². The van der Waals surface area contributed by atoms with Gasteiger partial charge in [0.25, 0.3) is 5.91 Å². The Morgan fingerprint density at radius 3 is 2.57 bits per heavy atom. The molecule has 1 aliphatic rings. The number of hydrogen-bond donors (Lipinski definition) is 2. The first-order valence-corrected chi connectivity index (χ1v) is 13.4. The van der Waals surface area contributed by atoms with Crippen LogP contribution in [0.2, 0.25) is 5.02 Å². The van der Waals surface area contributed by atoms with Crippen molar-refractivity contribution in [2.75, 3.05) is 6.54 Å². The molecule has 2 N–H and O–H groups in total. The second-order valence-corrected chi connectivity index (χ2v) is 11.4. The third-order valence-electron chi connectivity index (χ3n) is 6.81. The van der Waals surface area contributed by atoms with Gasteiger partial charge in [0.15, 0.2) is 0 Å². The topological polar surface area (TPSA) is 85.2 Å². The van der Waals surface area contributed by atoms with Gasteiger partial charge < -0.3 is 19.9 Å². The van der Waals surface area contributed by atoms with Crippen molar-refractivity contribution in [3.8, 4) is 0 Å². The van der Waals surface area contributed by atoms with Crippen molar-refractivity contribution in [2.24, 2.45) is 13.0 Å². The average Bonchev–Trinajstić information content (AvgIpc) is 3.17. The molecule has 0 saturated heterocycles. The molecule has 0 atom stereocenters. The number of hydrogen-bond acceptors (Lipinski definition) is 4. The molecule has 37 heavy (non-hydrogen) atoms. The summed E-state index contributed by atoms with van der Waals surface area (Å²) in [5, 5.41) is 6.53. The van der Waals surface area contributed by atoms with E-state index >= 15 is 0 Å². The number of imidazole rings is 1. The van der Waals surface area contributed by atoms with Crippen LogP contribution in [0.1, 0.15) is 80.2 Å². The van der Waals surface area contributed by atoms with Crippen LogP contribution >= 0.6 is 11.6 Å². The molecule has 2 aromatic carbocycles. The van der Waals surface area contributed by atoms with Crippen molar-refractivity contribution in [1.82, 2.24) is 20.2 Å². The summed E-state index contributed by atoms with van der Waals surface area (Å²) in [5.41, 5.74) is 3.64. The number of amides is 2. The van der Waals surface area contributed by atoms with E-state index in [0.29, 0.717) is 29.5 Å². The van der Waals surface area contributed by atoms with Crippen molar-refractivity contribution in [3.63, 3.8) is 0 Å². The Kier molecular flexibility index (Phi) is 8.42.